The lowest BCUT2D eigenvalue weighted by Crippen LogP contribution is -2.61. The van der Waals surface area contributed by atoms with Crippen LogP contribution in [0.3, 0.4) is 0 Å². The number of ether oxygens (including phenoxy) is 1. The Hall–Kier alpha value is -0.500. The molecular weight excluding hydrogens is 328 g/mol. The number of halogens is 1. The van der Waals surface area contributed by atoms with Crippen molar-refractivity contribution < 1.29 is 32.7 Å². The third-order valence-corrected chi connectivity index (χ3v) is 9.13. The molecule has 2 atom stereocenters. The van der Waals surface area contributed by atoms with Crippen molar-refractivity contribution in [2.24, 2.45) is 0 Å². The van der Waals surface area contributed by atoms with Gasteiger partial charge in [0.15, 0.2) is 0 Å². The molecule has 0 aliphatic carbocycles. The van der Waals surface area contributed by atoms with Gasteiger partial charge in [-0.05, 0) is 37.0 Å². The van der Waals surface area contributed by atoms with Crippen molar-refractivity contribution in [3.8, 4) is 5.75 Å². The summed E-state index contributed by atoms with van der Waals surface area (Å²) in [6.07, 6.45) is 3.56. The molecule has 1 saturated heterocycles. The van der Waals surface area contributed by atoms with E-state index in [1.807, 2.05) is 31.2 Å². The van der Waals surface area contributed by atoms with Gasteiger partial charge >= 0.3 is 0 Å². The Morgan fingerprint density at radius 2 is 1.91 bits per heavy atom. The summed E-state index contributed by atoms with van der Waals surface area (Å²) in [5, 5.41) is 0.00109. The van der Waals surface area contributed by atoms with Gasteiger partial charge in [-0.1, -0.05) is 25.5 Å². The maximum atomic E-state index is 11.2. The number of benzene rings is 1. The van der Waals surface area contributed by atoms with Crippen LogP contribution in [0.25, 0.3) is 0 Å². The van der Waals surface area contributed by atoms with E-state index in [1.54, 1.807) is 7.11 Å². The first-order valence-corrected chi connectivity index (χ1v) is 10.6. The van der Waals surface area contributed by atoms with E-state index in [2.05, 4.69) is 0 Å². The van der Waals surface area contributed by atoms with Gasteiger partial charge in [-0.3, -0.25) is 0 Å². The SMILES string of the molecule is CCCCS1(O[Cl+3]([O-])([O-])[O-])CCCC1c1ccc(OC)cc1. The van der Waals surface area contributed by atoms with Crippen molar-refractivity contribution in [2.45, 2.75) is 37.9 Å². The molecule has 0 bridgehead atoms. The van der Waals surface area contributed by atoms with Crippen LogP contribution in [0.1, 0.15) is 43.4 Å². The second kappa shape index (κ2) is 7.38. The second-order valence-electron chi connectivity index (χ2n) is 5.48. The molecule has 126 valence electrons. The molecule has 5 nitrogen and oxygen atoms in total. The molecule has 1 fully saturated rings. The molecule has 1 heterocycles. The van der Waals surface area contributed by atoms with E-state index in [0.29, 0.717) is 11.5 Å². The molecule has 0 spiro atoms. The van der Waals surface area contributed by atoms with Gasteiger partial charge in [-0.25, -0.2) is 0 Å². The Balaban J connectivity index is 2.28. The van der Waals surface area contributed by atoms with E-state index in [1.165, 1.54) is 0 Å². The van der Waals surface area contributed by atoms with Crippen molar-refractivity contribution in [3.05, 3.63) is 29.8 Å². The molecule has 22 heavy (non-hydrogen) atoms. The monoisotopic (exact) mass is 350 g/mol. The number of rotatable bonds is 7. The van der Waals surface area contributed by atoms with Crippen molar-refractivity contribution in [2.75, 3.05) is 18.6 Å². The highest BCUT2D eigenvalue weighted by atomic mass is 35.7. The molecule has 0 aromatic heterocycles. The highest BCUT2D eigenvalue weighted by molar-refractivity contribution is 8.30. The first-order valence-electron chi connectivity index (χ1n) is 7.43. The average Bonchev–Trinajstić information content (AvgIpc) is 2.87. The van der Waals surface area contributed by atoms with E-state index < -0.39 is 20.6 Å². The molecule has 2 unspecified atom stereocenters. The van der Waals surface area contributed by atoms with Crippen molar-refractivity contribution in [1.29, 1.82) is 0 Å². The summed E-state index contributed by atoms with van der Waals surface area (Å²) >= 11 is 0. The fourth-order valence-corrected chi connectivity index (χ4v) is 8.54. The highest BCUT2D eigenvalue weighted by Gasteiger charge is 2.50. The van der Waals surface area contributed by atoms with Crippen molar-refractivity contribution in [3.63, 3.8) is 0 Å². The minimum Gasteiger partial charge on any atom is -0.497 e. The molecule has 0 radical (unpaired) electrons. The van der Waals surface area contributed by atoms with E-state index in [4.69, 9.17) is 8.47 Å². The molecular formula is C15H23ClO5S. The van der Waals surface area contributed by atoms with Crippen LogP contribution >= 0.6 is 10.3 Å². The molecule has 1 aromatic carbocycles. The lowest BCUT2D eigenvalue weighted by molar-refractivity contribution is -1.91. The molecule has 1 aliphatic rings. The summed E-state index contributed by atoms with van der Waals surface area (Å²) in [4.78, 5) is 0. The second-order valence-corrected chi connectivity index (χ2v) is 9.86. The predicted molar refractivity (Wildman–Crippen MR) is 78.3 cm³/mol. The number of hydrogen-bond acceptors (Lipinski definition) is 5. The van der Waals surface area contributed by atoms with Gasteiger partial charge in [-0.2, -0.15) is 14.0 Å². The zero-order chi connectivity index (χ0) is 16.2. The fraction of sp³-hybridized carbons (Fsp3) is 0.600. The van der Waals surface area contributed by atoms with Crippen molar-refractivity contribution >= 4 is 10.3 Å². The van der Waals surface area contributed by atoms with Gasteiger partial charge in [0, 0.05) is 27.1 Å². The smallest absolute Gasteiger partial charge is 0.122 e. The molecule has 0 amide bonds. The maximum Gasteiger partial charge on any atom is 0.122 e. The Morgan fingerprint density at radius 1 is 1.23 bits per heavy atom. The topological polar surface area (TPSA) is 87.6 Å². The Morgan fingerprint density at radius 3 is 2.45 bits per heavy atom. The standard InChI is InChI=1S/C15H23ClO5S/c1-3-4-11-22(21-16(17,18)19)12-5-6-15(22)13-7-9-14(20-2)10-8-13/h7-10,15H,3-6,11-12H2,1-2H3. The van der Waals surface area contributed by atoms with E-state index in [-0.39, 0.29) is 5.25 Å². The maximum absolute atomic E-state index is 11.2. The lowest BCUT2D eigenvalue weighted by atomic mass is 10.1. The van der Waals surface area contributed by atoms with Gasteiger partial charge < -0.3 is 4.74 Å². The Labute approximate surface area is 135 Å². The number of hydrogen-bond donors (Lipinski definition) is 0. The number of methoxy groups -OCH3 is 1. The third kappa shape index (κ3) is 4.28. The predicted octanol–water partition coefficient (Wildman–Crippen LogP) is 0.964. The third-order valence-electron chi connectivity index (χ3n) is 4.01. The van der Waals surface area contributed by atoms with Gasteiger partial charge in [-0.15, -0.1) is 0 Å². The van der Waals surface area contributed by atoms with E-state index >= 15 is 0 Å². The largest absolute Gasteiger partial charge is 0.497 e. The van der Waals surface area contributed by atoms with Crippen molar-refractivity contribution in [1.82, 2.24) is 0 Å². The van der Waals surface area contributed by atoms with Crippen LogP contribution in [0.4, 0.5) is 0 Å². The molecule has 1 aliphatic heterocycles. The van der Waals surface area contributed by atoms with Gasteiger partial charge in [0.25, 0.3) is 0 Å². The first-order chi connectivity index (χ1) is 10.4. The molecule has 7 heteroatoms. The van der Waals surface area contributed by atoms with Crippen LogP contribution in [0.5, 0.6) is 5.75 Å². The summed E-state index contributed by atoms with van der Waals surface area (Å²) in [5.74, 6) is 2.10. The van der Waals surface area contributed by atoms with Crippen LogP contribution in [-0.2, 0) is 3.74 Å². The number of unbranched alkanes of at least 4 members (excludes halogenated alkanes) is 1. The Bertz CT molecular complexity index is 476. The summed E-state index contributed by atoms with van der Waals surface area (Å²) in [6, 6.07) is 7.61. The first kappa shape index (κ1) is 17.8. The molecule has 0 saturated carbocycles. The van der Waals surface area contributed by atoms with Crippen LogP contribution in [0.15, 0.2) is 24.3 Å². The fourth-order valence-electron chi connectivity index (χ4n) is 3.00. The molecule has 1 aromatic rings. The van der Waals surface area contributed by atoms with Crippen LogP contribution in [0, 0.1) is 10.2 Å². The van der Waals surface area contributed by atoms with E-state index in [9.17, 15) is 14.0 Å². The normalized spacial score (nSPS) is 28.3. The average molecular weight is 351 g/mol. The van der Waals surface area contributed by atoms with Crippen LogP contribution in [0.2, 0.25) is 0 Å². The quantitative estimate of drug-likeness (QED) is 0.731. The minimum atomic E-state index is -4.39. The van der Waals surface area contributed by atoms with Gasteiger partial charge in [0.05, 0.1) is 17.4 Å². The van der Waals surface area contributed by atoms with Crippen LogP contribution in [-0.4, -0.2) is 18.6 Å². The summed E-state index contributed by atoms with van der Waals surface area (Å²) < 4.78 is 44.0. The minimum absolute atomic E-state index is 0.00109. The highest BCUT2D eigenvalue weighted by Crippen LogP contribution is 2.68. The summed E-state index contributed by atoms with van der Waals surface area (Å²) in [5.41, 5.74) is 1.03. The van der Waals surface area contributed by atoms with Gasteiger partial charge in [0.2, 0.25) is 0 Å². The lowest BCUT2D eigenvalue weighted by Gasteiger charge is -2.35. The zero-order valence-electron chi connectivity index (χ0n) is 13.0. The Kier molecular flexibility index (Phi) is 5.99. The molecule has 0 N–H and O–H groups in total. The molecule has 2 rings (SSSR count). The van der Waals surface area contributed by atoms with E-state index in [0.717, 1.165) is 37.0 Å². The van der Waals surface area contributed by atoms with Gasteiger partial charge in [0.1, 0.15) is 9.49 Å². The zero-order valence-corrected chi connectivity index (χ0v) is 14.5. The summed E-state index contributed by atoms with van der Waals surface area (Å²) in [6.45, 7) is 2.05. The summed E-state index contributed by atoms with van der Waals surface area (Å²) in [7, 11) is -4.74. The van der Waals surface area contributed by atoms with Crippen LogP contribution < -0.4 is 18.7 Å².